The number of carbonyl (C=O) groups is 2. The summed E-state index contributed by atoms with van der Waals surface area (Å²) in [5, 5.41) is 0. The van der Waals surface area contributed by atoms with E-state index in [1.165, 1.54) is 7.11 Å². The molecular formula is C24H27NO5. The molecule has 2 aromatic rings. The lowest BCUT2D eigenvalue weighted by Gasteiger charge is -2.26. The lowest BCUT2D eigenvalue weighted by molar-refractivity contribution is -0.155. The Bertz CT molecular complexity index is 952. The highest BCUT2D eigenvalue weighted by molar-refractivity contribution is 5.99. The van der Waals surface area contributed by atoms with Gasteiger partial charge in [-0.2, -0.15) is 0 Å². The molecule has 0 aromatic heterocycles. The van der Waals surface area contributed by atoms with Crippen molar-refractivity contribution in [3.05, 3.63) is 59.7 Å². The maximum absolute atomic E-state index is 12.9. The minimum atomic E-state index is -0.909. The van der Waals surface area contributed by atoms with Crippen molar-refractivity contribution in [3.63, 3.8) is 0 Å². The number of hydrogen-bond donors (Lipinski definition) is 0. The van der Waals surface area contributed by atoms with Crippen LogP contribution < -0.4 is 14.4 Å². The Morgan fingerprint density at radius 2 is 1.97 bits per heavy atom. The van der Waals surface area contributed by atoms with Gasteiger partial charge < -0.3 is 19.1 Å². The molecule has 1 aliphatic heterocycles. The topological polar surface area (TPSA) is 65.1 Å². The number of benzene rings is 2. The zero-order chi connectivity index (χ0) is 21.7. The molecule has 0 fully saturated rings. The van der Waals surface area contributed by atoms with Crippen molar-refractivity contribution in [1.82, 2.24) is 0 Å². The first-order valence-corrected chi connectivity index (χ1v) is 9.98. The fourth-order valence-corrected chi connectivity index (χ4v) is 3.62. The molecular weight excluding hydrogens is 382 g/mol. The second-order valence-corrected chi connectivity index (χ2v) is 7.22. The summed E-state index contributed by atoms with van der Waals surface area (Å²) in [6.45, 7) is 5.18. The monoisotopic (exact) mass is 409 g/mol. The molecule has 6 heteroatoms. The highest BCUT2D eigenvalue weighted by Crippen LogP contribution is 2.32. The van der Waals surface area contributed by atoms with E-state index in [9.17, 15) is 9.59 Å². The number of rotatable bonds is 7. The summed E-state index contributed by atoms with van der Waals surface area (Å²) >= 11 is 0. The third kappa shape index (κ3) is 4.64. The van der Waals surface area contributed by atoms with Gasteiger partial charge in [-0.1, -0.05) is 36.4 Å². The van der Waals surface area contributed by atoms with Crippen LogP contribution in [0.4, 0.5) is 5.69 Å². The zero-order valence-electron chi connectivity index (χ0n) is 17.8. The molecule has 0 N–H and O–H groups in total. The number of fused-ring (bicyclic) bond motifs is 1. The predicted octanol–water partition coefficient (Wildman–Crippen LogP) is 4.02. The Hall–Kier alpha value is -3.28. The maximum atomic E-state index is 12.9. The van der Waals surface area contributed by atoms with Crippen molar-refractivity contribution in [2.45, 2.75) is 39.3 Å². The van der Waals surface area contributed by atoms with Gasteiger partial charge in [0.1, 0.15) is 0 Å². The smallest absolute Gasteiger partial charge is 0.344 e. The quantitative estimate of drug-likeness (QED) is 0.647. The van der Waals surface area contributed by atoms with E-state index in [2.05, 4.69) is 0 Å². The number of amides is 1. The van der Waals surface area contributed by atoms with Crippen LogP contribution in [0.1, 0.15) is 31.9 Å². The van der Waals surface area contributed by atoms with Crippen LogP contribution in [0.3, 0.4) is 0 Å². The van der Waals surface area contributed by atoms with Crippen LogP contribution in [-0.2, 0) is 20.7 Å². The fourth-order valence-electron chi connectivity index (χ4n) is 3.62. The number of hydrogen-bond acceptors (Lipinski definition) is 5. The molecule has 0 aliphatic carbocycles. The van der Waals surface area contributed by atoms with Crippen LogP contribution in [0.15, 0.2) is 48.5 Å². The zero-order valence-corrected chi connectivity index (χ0v) is 17.8. The number of methoxy groups -OCH3 is 1. The van der Waals surface area contributed by atoms with E-state index in [0.29, 0.717) is 11.5 Å². The molecule has 0 bridgehead atoms. The third-order valence-corrected chi connectivity index (χ3v) is 4.99. The first-order chi connectivity index (χ1) is 14.4. The maximum Gasteiger partial charge on any atom is 0.344 e. The van der Waals surface area contributed by atoms with Gasteiger partial charge in [-0.3, -0.25) is 4.79 Å². The summed E-state index contributed by atoms with van der Waals surface area (Å²) in [6, 6.07) is 13.2. The Labute approximate surface area is 177 Å². The Kier molecular flexibility index (Phi) is 6.77. The molecule has 0 unspecified atom stereocenters. The first kappa shape index (κ1) is 21.4. The van der Waals surface area contributed by atoms with Gasteiger partial charge in [0.2, 0.25) is 0 Å². The molecule has 0 radical (unpaired) electrons. The second-order valence-electron chi connectivity index (χ2n) is 7.22. The lowest BCUT2D eigenvalue weighted by Crippen LogP contribution is -2.43. The van der Waals surface area contributed by atoms with E-state index < -0.39 is 12.1 Å². The van der Waals surface area contributed by atoms with E-state index in [4.69, 9.17) is 14.2 Å². The molecule has 0 spiro atoms. The highest BCUT2D eigenvalue weighted by atomic mass is 16.6. The van der Waals surface area contributed by atoms with Crippen LogP contribution in [-0.4, -0.2) is 37.7 Å². The van der Waals surface area contributed by atoms with Gasteiger partial charge in [0, 0.05) is 11.7 Å². The van der Waals surface area contributed by atoms with Crippen molar-refractivity contribution in [1.29, 1.82) is 0 Å². The van der Waals surface area contributed by atoms with Gasteiger partial charge >= 0.3 is 5.97 Å². The molecule has 1 aliphatic rings. The fraction of sp³-hybridized carbons (Fsp3) is 0.333. The molecule has 0 saturated heterocycles. The van der Waals surface area contributed by atoms with Gasteiger partial charge in [-0.25, -0.2) is 4.79 Å². The summed E-state index contributed by atoms with van der Waals surface area (Å²) in [5.41, 5.74) is 2.96. The number of carbonyl (C=O) groups excluding carboxylic acids is 2. The van der Waals surface area contributed by atoms with Crippen LogP contribution in [0.25, 0.3) is 6.08 Å². The number of nitrogens with zero attached hydrogens (tertiary/aromatic N) is 1. The summed E-state index contributed by atoms with van der Waals surface area (Å²) in [6.07, 6.45) is 3.73. The van der Waals surface area contributed by atoms with Gasteiger partial charge in [0.15, 0.2) is 24.2 Å². The average molecular weight is 409 g/mol. The van der Waals surface area contributed by atoms with Crippen molar-refractivity contribution in [2.75, 3.05) is 18.6 Å². The standard InChI is InChI=1S/C24H27NO5/c1-5-8-18-11-12-21(22(14-18)28-4)29-15-23(26)30-17(3)24(27)25-16(2)13-19-9-6-7-10-20(19)25/h5-12,14,16-17H,13,15H2,1-4H3/b8-5+/t16-,17+/m0/s1. The Balaban J connectivity index is 1.59. The SMILES string of the molecule is C/C=C/c1ccc(OCC(=O)O[C@H](C)C(=O)N2c3ccccc3C[C@@H]2C)c(OC)c1. The number of allylic oxidation sites excluding steroid dienone is 1. The van der Waals surface area contributed by atoms with Crippen LogP contribution >= 0.6 is 0 Å². The minimum absolute atomic E-state index is 0.0206. The van der Waals surface area contributed by atoms with Gasteiger partial charge in [0.25, 0.3) is 5.91 Å². The Morgan fingerprint density at radius 1 is 1.20 bits per heavy atom. The van der Waals surface area contributed by atoms with Crippen molar-refractivity contribution >= 4 is 23.6 Å². The molecule has 30 heavy (non-hydrogen) atoms. The Morgan fingerprint density at radius 3 is 2.70 bits per heavy atom. The molecule has 1 amide bonds. The number of esters is 1. The van der Waals surface area contributed by atoms with Crippen LogP contribution in [0.2, 0.25) is 0 Å². The van der Waals surface area contributed by atoms with E-state index in [1.807, 2.05) is 62.4 Å². The van der Waals surface area contributed by atoms with Crippen molar-refractivity contribution in [3.8, 4) is 11.5 Å². The summed E-state index contributed by atoms with van der Waals surface area (Å²) < 4.78 is 16.2. The van der Waals surface area contributed by atoms with Crippen molar-refractivity contribution in [2.24, 2.45) is 0 Å². The van der Waals surface area contributed by atoms with Crippen LogP contribution in [0.5, 0.6) is 11.5 Å². The van der Waals surface area contributed by atoms with E-state index in [-0.39, 0.29) is 18.6 Å². The first-order valence-electron chi connectivity index (χ1n) is 9.98. The van der Waals surface area contributed by atoms with E-state index in [1.54, 1.807) is 17.9 Å². The third-order valence-electron chi connectivity index (χ3n) is 4.99. The molecule has 3 rings (SSSR count). The normalized spacial score (nSPS) is 16.3. The van der Waals surface area contributed by atoms with Gasteiger partial charge in [0.05, 0.1) is 7.11 Å². The summed E-state index contributed by atoms with van der Waals surface area (Å²) in [4.78, 5) is 26.9. The second kappa shape index (κ2) is 9.48. The van der Waals surface area contributed by atoms with Gasteiger partial charge in [-0.05, 0) is 56.5 Å². The number of ether oxygens (including phenoxy) is 3. The van der Waals surface area contributed by atoms with Crippen molar-refractivity contribution < 1.29 is 23.8 Å². The number of para-hydroxylation sites is 1. The molecule has 2 atom stereocenters. The number of anilines is 1. The van der Waals surface area contributed by atoms with Gasteiger partial charge in [-0.15, -0.1) is 0 Å². The highest BCUT2D eigenvalue weighted by Gasteiger charge is 2.34. The average Bonchev–Trinajstić information content (AvgIpc) is 3.07. The molecule has 2 aromatic carbocycles. The minimum Gasteiger partial charge on any atom is -0.493 e. The molecule has 1 heterocycles. The largest absolute Gasteiger partial charge is 0.493 e. The van der Waals surface area contributed by atoms with Crippen LogP contribution in [0, 0.1) is 0 Å². The molecule has 6 nitrogen and oxygen atoms in total. The molecule has 0 saturated carbocycles. The van der Waals surface area contributed by atoms with E-state index in [0.717, 1.165) is 23.2 Å². The molecule has 158 valence electrons. The predicted molar refractivity (Wildman–Crippen MR) is 116 cm³/mol. The van der Waals surface area contributed by atoms with E-state index >= 15 is 0 Å². The summed E-state index contributed by atoms with van der Waals surface area (Å²) in [5.74, 6) is 0.0958. The lowest BCUT2D eigenvalue weighted by atomic mass is 10.1. The summed E-state index contributed by atoms with van der Waals surface area (Å²) in [7, 11) is 1.54.